The normalized spacial score (nSPS) is 13.8. The van der Waals surface area contributed by atoms with Gasteiger partial charge in [-0.3, -0.25) is 9.59 Å². The Hall–Kier alpha value is -0.750. The number of nitrogens with two attached hydrogens (primary N) is 1. The van der Waals surface area contributed by atoms with Gasteiger partial charge in [-0.05, 0) is 39.4 Å². The maximum absolute atomic E-state index is 11.5. The molecule has 18 heavy (non-hydrogen) atoms. The Labute approximate surface area is 113 Å². The topological polar surface area (TPSA) is 81.4 Å². The van der Waals surface area contributed by atoms with Crippen molar-refractivity contribution in [3.63, 3.8) is 0 Å². The smallest absolute Gasteiger partial charge is 0.325 e. The first-order valence-corrected chi connectivity index (χ1v) is 7.40. The number of nitrogens with one attached hydrogen (secondary N) is 1. The second-order valence-electron chi connectivity index (χ2n) is 4.25. The number of thioether (sulfide) groups is 1. The third kappa shape index (κ3) is 7.55. The number of ether oxygens (including phenoxy) is 1. The Kier molecular flexibility index (Phi) is 8.83. The van der Waals surface area contributed by atoms with Gasteiger partial charge in [0.2, 0.25) is 5.91 Å². The van der Waals surface area contributed by atoms with Crippen LogP contribution in [0.4, 0.5) is 0 Å². The Morgan fingerprint density at radius 2 is 2.06 bits per heavy atom. The van der Waals surface area contributed by atoms with Crippen LogP contribution in [0.2, 0.25) is 0 Å². The lowest BCUT2D eigenvalue weighted by molar-refractivity contribution is -0.149. The van der Waals surface area contributed by atoms with Gasteiger partial charge in [0.05, 0.1) is 12.4 Å². The third-order valence-corrected chi connectivity index (χ3v) is 3.38. The summed E-state index contributed by atoms with van der Waals surface area (Å²) in [7, 11) is 0. The molecule has 0 aromatic heterocycles. The maximum atomic E-state index is 11.5. The molecule has 0 radical (unpaired) electrons. The predicted octanol–water partition coefficient (Wildman–Crippen LogP) is 0.916. The Morgan fingerprint density at radius 3 is 2.61 bits per heavy atom. The fourth-order valence-electron chi connectivity index (χ4n) is 1.35. The summed E-state index contributed by atoms with van der Waals surface area (Å²) in [4.78, 5) is 22.7. The van der Waals surface area contributed by atoms with E-state index in [0.717, 1.165) is 12.2 Å². The molecule has 0 bridgehead atoms. The van der Waals surface area contributed by atoms with Crippen LogP contribution in [0, 0.1) is 0 Å². The molecule has 0 fully saturated rings. The summed E-state index contributed by atoms with van der Waals surface area (Å²) in [6.45, 7) is 6.33. The quantitative estimate of drug-likeness (QED) is 0.483. The van der Waals surface area contributed by atoms with Crippen LogP contribution in [-0.2, 0) is 14.3 Å². The zero-order valence-electron chi connectivity index (χ0n) is 11.5. The van der Waals surface area contributed by atoms with Crippen molar-refractivity contribution in [3.8, 4) is 0 Å². The molecular formula is C12H24N2O3S. The minimum absolute atomic E-state index is 0.0448. The van der Waals surface area contributed by atoms with E-state index in [9.17, 15) is 9.59 Å². The molecule has 1 atom stereocenters. The second kappa shape index (κ2) is 9.22. The average Bonchev–Trinajstić information content (AvgIpc) is 2.29. The van der Waals surface area contributed by atoms with E-state index >= 15 is 0 Å². The number of esters is 1. The van der Waals surface area contributed by atoms with E-state index in [1.807, 2.05) is 6.92 Å². The van der Waals surface area contributed by atoms with Crippen LogP contribution in [0.25, 0.3) is 0 Å². The van der Waals surface area contributed by atoms with Crippen LogP contribution in [-0.4, -0.2) is 42.1 Å². The van der Waals surface area contributed by atoms with E-state index < -0.39 is 5.54 Å². The van der Waals surface area contributed by atoms with E-state index in [4.69, 9.17) is 10.5 Å². The van der Waals surface area contributed by atoms with E-state index in [0.29, 0.717) is 25.3 Å². The molecule has 0 aliphatic heterocycles. The summed E-state index contributed by atoms with van der Waals surface area (Å²) in [5, 5.41) is 2.73. The van der Waals surface area contributed by atoms with Gasteiger partial charge in [-0.2, -0.15) is 11.8 Å². The predicted molar refractivity (Wildman–Crippen MR) is 74.5 cm³/mol. The number of rotatable bonds is 9. The molecule has 0 heterocycles. The summed E-state index contributed by atoms with van der Waals surface area (Å²) >= 11 is 1.55. The molecule has 5 nitrogen and oxygen atoms in total. The van der Waals surface area contributed by atoms with Crippen molar-refractivity contribution in [2.24, 2.45) is 5.73 Å². The molecule has 106 valence electrons. The lowest BCUT2D eigenvalue weighted by Gasteiger charge is -2.21. The van der Waals surface area contributed by atoms with Crippen LogP contribution < -0.4 is 11.1 Å². The molecule has 0 spiro atoms. The summed E-state index contributed by atoms with van der Waals surface area (Å²) in [6.07, 6.45) is 1.35. The molecule has 0 aliphatic rings. The van der Waals surface area contributed by atoms with Gasteiger partial charge in [0.25, 0.3) is 0 Å². The van der Waals surface area contributed by atoms with Gasteiger partial charge < -0.3 is 15.8 Å². The standard InChI is InChI=1S/C12H24N2O3S/c1-4-14-10(15)9-18-8-6-7-12(3,13)11(16)17-5-2/h4-9,13H2,1-3H3,(H,14,15). The fourth-order valence-corrected chi connectivity index (χ4v) is 2.13. The number of amides is 1. The molecule has 1 amide bonds. The summed E-state index contributed by atoms with van der Waals surface area (Å²) in [6, 6.07) is 0. The summed E-state index contributed by atoms with van der Waals surface area (Å²) < 4.78 is 4.90. The highest BCUT2D eigenvalue weighted by Gasteiger charge is 2.28. The average molecular weight is 276 g/mol. The molecule has 3 N–H and O–H groups in total. The van der Waals surface area contributed by atoms with Gasteiger partial charge in [0, 0.05) is 6.54 Å². The van der Waals surface area contributed by atoms with Crippen molar-refractivity contribution in [2.45, 2.75) is 39.2 Å². The molecule has 0 aromatic carbocycles. The first-order valence-electron chi connectivity index (χ1n) is 6.24. The molecule has 0 rings (SSSR count). The van der Waals surface area contributed by atoms with Gasteiger partial charge in [0.15, 0.2) is 0 Å². The molecule has 6 heteroatoms. The van der Waals surface area contributed by atoms with Crippen LogP contribution in [0.3, 0.4) is 0 Å². The van der Waals surface area contributed by atoms with E-state index in [2.05, 4.69) is 5.32 Å². The van der Waals surface area contributed by atoms with Gasteiger partial charge in [0.1, 0.15) is 5.54 Å². The van der Waals surface area contributed by atoms with Crippen molar-refractivity contribution in [2.75, 3.05) is 24.7 Å². The summed E-state index contributed by atoms with van der Waals surface area (Å²) in [5.41, 5.74) is 4.94. The third-order valence-electron chi connectivity index (χ3n) is 2.33. The van der Waals surface area contributed by atoms with Crippen molar-refractivity contribution < 1.29 is 14.3 Å². The molecule has 0 saturated carbocycles. The van der Waals surface area contributed by atoms with Crippen LogP contribution in [0.15, 0.2) is 0 Å². The van der Waals surface area contributed by atoms with Crippen LogP contribution >= 0.6 is 11.8 Å². The number of hydrogen-bond acceptors (Lipinski definition) is 5. The van der Waals surface area contributed by atoms with E-state index in [1.54, 1.807) is 25.6 Å². The fraction of sp³-hybridized carbons (Fsp3) is 0.833. The Bertz CT molecular complexity index is 270. The van der Waals surface area contributed by atoms with E-state index in [-0.39, 0.29) is 11.9 Å². The van der Waals surface area contributed by atoms with Crippen molar-refractivity contribution in [1.82, 2.24) is 5.32 Å². The highest BCUT2D eigenvalue weighted by molar-refractivity contribution is 7.99. The monoisotopic (exact) mass is 276 g/mol. The number of carbonyl (C=O) groups is 2. The zero-order valence-corrected chi connectivity index (χ0v) is 12.3. The largest absolute Gasteiger partial charge is 0.465 e. The maximum Gasteiger partial charge on any atom is 0.325 e. The zero-order chi connectivity index (χ0) is 14.0. The highest BCUT2D eigenvalue weighted by atomic mass is 32.2. The van der Waals surface area contributed by atoms with Gasteiger partial charge in [-0.15, -0.1) is 0 Å². The Morgan fingerprint density at radius 1 is 1.39 bits per heavy atom. The molecule has 0 aliphatic carbocycles. The lowest BCUT2D eigenvalue weighted by atomic mass is 9.98. The molecule has 0 aromatic rings. The minimum atomic E-state index is -0.928. The van der Waals surface area contributed by atoms with Gasteiger partial charge in [-0.1, -0.05) is 0 Å². The molecular weight excluding hydrogens is 252 g/mol. The van der Waals surface area contributed by atoms with Crippen LogP contribution in [0.1, 0.15) is 33.6 Å². The molecule has 0 saturated heterocycles. The van der Waals surface area contributed by atoms with Gasteiger partial charge in [-0.25, -0.2) is 0 Å². The van der Waals surface area contributed by atoms with Gasteiger partial charge >= 0.3 is 5.97 Å². The highest BCUT2D eigenvalue weighted by Crippen LogP contribution is 2.14. The van der Waals surface area contributed by atoms with Crippen molar-refractivity contribution >= 4 is 23.6 Å². The SMILES string of the molecule is CCNC(=O)CSCCCC(C)(N)C(=O)OCC. The molecule has 1 unspecified atom stereocenters. The number of hydrogen-bond donors (Lipinski definition) is 2. The number of carbonyl (C=O) groups excluding carboxylic acids is 2. The minimum Gasteiger partial charge on any atom is -0.465 e. The summed E-state index contributed by atoms with van der Waals surface area (Å²) in [5.74, 6) is 0.944. The van der Waals surface area contributed by atoms with Crippen molar-refractivity contribution in [3.05, 3.63) is 0 Å². The Balaban J connectivity index is 3.70. The first-order chi connectivity index (χ1) is 8.44. The second-order valence-corrected chi connectivity index (χ2v) is 5.35. The first kappa shape index (κ1) is 17.2. The van der Waals surface area contributed by atoms with E-state index in [1.165, 1.54) is 0 Å². The van der Waals surface area contributed by atoms with Crippen molar-refractivity contribution in [1.29, 1.82) is 0 Å². The lowest BCUT2D eigenvalue weighted by Crippen LogP contribution is -2.46. The van der Waals surface area contributed by atoms with Crippen LogP contribution in [0.5, 0.6) is 0 Å².